The summed E-state index contributed by atoms with van der Waals surface area (Å²) in [7, 11) is 0. The zero-order chi connectivity index (χ0) is 7.11. The highest BCUT2D eigenvalue weighted by molar-refractivity contribution is 5.73. The summed E-state index contributed by atoms with van der Waals surface area (Å²) >= 11 is 0. The van der Waals surface area contributed by atoms with Gasteiger partial charge in [-0.2, -0.15) is 0 Å². The highest BCUT2D eigenvalue weighted by Crippen LogP contribution is 1.88. The van der Waals surface area contributed by atoms with Gasteiger partial charge in [-0.1, -0.05) is 24.8 Å². The summed E-state index contributed by atoms with van der Waals surface area (Å²) < 4.78 is 0. The first-order valence-corrected chi connectivity index (χ1v) is 2.74. The Bertz CT molecular complexity index is 152. The quantitative estimate of drug-likeness (QED) is 0.401. The van der Waals surface area contributed by atoms with E-state index in [2.05, 4.69) is 18.2 Å². The van der Waals surface area contributed by atoms with Crippen LogP contribution in [0.25, 0.3) is 0 Å². The fourth-order valence-corrected chi connectivity index (χ4v) is 0.290. The summed E-state index contributed by atoms with van der Waals surface area (Å²) in [5.41, 5.74) is 1.10. The summed E-state index contributed by atoms with van der Waals surface area (Å²) in [4.78, 5) is 3.77. The number of hydrogen-bond acceptors (Lipinski definition) is 1. The molecule has 0 spiro atoms. The second kappa shape index (κ2) is 5.04. The molecule has 0 bridgehead atoms. The van der Waals surface area contributed by atoms with Gasteiger partial charge in [0.1, 0.15) is 0 Å². The highest BCUT2D eigenvalue weighted by Gasteiger charge is 1.71. The zero-order valence-corrected chi connectivity index (χ0v) is 5.67. The van der Waals surface area contributed by atoms with Gasteiger partial charge in [-0.05, 0) is 13.0 Å². The third-order valence-electron chi connectivity index (χ3n) is 0.851. The Morgan fingerprint density at radius 3 is 2.56 bits per heavy atom. The van der Waals surface area contributed by atoms with Crippen LogP contribution in [0.3, 0.4) is 0 Å². The first-order chi connectivity index (χ1) is 4.31. The fourth-order valence-electron chi connectivity index (χ4n) is 0.290. The SMILES string of the molecule is C=C/N=C/C=C(/C)C=C. The van der Waals surface area contributed by atoms with Crippen LogP contribution >= 0.6 is 0 Å². The number of rotatable bonds is 3. The molecule has 0 saturated carbocycles. The maximum absolute atomic E-state index is 3.77. The van der Waals surface area contributed by atoms with E-state index in [1.807, 2.05) is 13.0 Å². The van der Waals surface area contributed by atoms with E-state index in [4.69, 9.17) is 0 Å². The Kier molecular flexibility index (Phi) is 4.41. The van der Waals surface area contributed by atoms with Gasteiger partial charge >= 0.3 is 0 Å². The van der Waals surface area contributed by atoms with E-state index < -0.39 is 0 Å². The third-order valence-corrected chi connectivity index (χ3v) is 0.851. The predicted octanol–water partition coefficient (Wildman–Crippen LogP) is 2.33. The number of aliphatic imine (C=N–C) groups is 1. The van der Waals surface area contributed by atoms with Gasteiger partial charge in [0.05, 0.1) is 0 Å². The van der Waals surface area contributed by atoms with Crippen molar-refractivity contribution in [2.45, 2.75) is 6.92 Å². The van der Waals surface area contributed by atoms with Gasteiger partial charge < -0.3 is 0 Å². The molecule has 0 amide bonds. The van der Waals surface area contributed by atoms with Crippen molar-refractivity contribution in [1.82, 2.24) is 0 Å². The molecule has 0 aliphatic carbocycles. The van der Waals surface area contributed by atoms with Crippen molar-refractivity contribution in [2.24, 2.45) is 4.99 Å². The molecule has 0 N–H and O–H groups in total. The number of hydrogen-bond donors (Lipinski definition) is 0. The van der Waals surface area contributed by atoms with Gasteiger partial charge in [-0.3, -0.25) is 4.99 Å². The second-order valence-electron chi connectivity index (χ2n) is 1.60. The largest absolute Gasteiger partial charge is 0.265 e. The van der Waals surface area contributed by atoms with E-state index in [1.54, 1.807) is 12.3 Å². The smallest absolute Gasteiger partial charge is 0.0270 e. The molecule has 0 rings (SSSR count). The van der Waals surface area contributed by atoms with Crippen LogP contribution in [0.5, 0.6) is 0 Å². The number of nitrogens with zero attached hydrogens (tertiary/aromatic N) is 1. The van der Waals surface area contributed by atoms with Crippen LogP contribution in [-0.2, 0) is 0 Å². The van der Waals surface area contributed by atoms with Crippen molar-refractivity contribution < 1.29 is 0 Å². The molecule has 48 valence electrons. The maximum Gasteiger partial charge on any atom is 0.0270 e. The molecule has 9 heavy (non-hydrogen) atoms. The van der Waals surface area contributed by atoms with E-state index in [0.29, 0.717) is 0 Å². The fraction of sp³-hybridized carbons (Fsp3) is 0.125. The Hall–Kier alpha value is -1.11. The summed E-state index contributed by atoms with van der Waals surface area (Å²) in [5.74, 6) is 0. The monoisotopic (exact) mass is 121 g/mol. The summed E-state index contributed by atoms with van der Waals surface area (Å²) in [6.07, 6.45) is 6.82. The molecule has 1 nitrogen and oxygen atoms in total. The van der Waals surface area contributed by atoms with Gasteiger partial charge in [0.25, 0.3) is 0 Å². The molecule has 0 aliphatic heterocycles. The molecule has 0 saturated heterocycles. The van der Waals surface area contributed by atoms with Crippen LogP contribution in [0, 0.1) is 0 Å². The molecule has 0 aromatic rings. The minimum atomic E-state index is 1.10. The molecular formula is C8H11N. The predicted molar refractivity (Wildman–Crippen MR) is 42.6 cm³/mol. The summed E-state index contributed by atoms with van der Waals surface area (Å²) in [6, 6.07) is 0. The van der Waals surface area contributed by atoms with Gasteiger partial charge in [0, 0.05) is 12.4 Å². The summed E-state index contributed by atoms with van der Waals surface area (Å²) in [6.45, 7) is 8.97. The van der Waals surface area contributed by atoms with Crippen LogP contribution in [0.4, 0.5) is 0 Å². The van der Waals surface area contributed by atoms with Crippen molar-refractivity contribution in [2.75, 3.05) is 0 Å². The molecule has 1 heteroatoms. The van der Waals surface area contributed by atoms with Crippen LogP contribution in [-0.4, -0.2) is 6.21 Å². The van der Waals surface area contributed by atoms with Gasteiger partial charge in [0.15, 0.2) is 0 Å². The minimum Gasteiger partial charge on any atom is -0.265 e. The minimum absolute atomic E-state index is 1.10. The van der Waals surface area contributed by atoms with Crippen LogP contribution in [0.1, 0.15) is 6.92 Å². The third kappa shape index (κ3) is 4.75. The summed E-state index contributed by atoms with van der Waals surface area (Å²) in [5, 5.41) is 0. The van der Waals surface area contributed by atoms with Crippen LogP contribution in [0.15, 0.2) is 42.1 Å². The average molecular weight is 121 g/mol. The van der Waals surface area contributed by atoms with Gasteiger partial charge in [-0.15, -0.1) is 0 Å². The maximum atomic E-state index is 3.77. The lowest BCUT2D eigenvalue weighted by atomic mass is 10.3. The zero-order valence-electron chi connectivity index (χ0n) is 5.67. The van der Waals surface area contributed by atoms with E-state index in [1.165, 1.54) is 6.20 Å². The standard InChI is InChI=1S/C8H11N/c1-4-8(3)6-7-9-5-2/h4-7H,1-2H2,3H3/b8-6-,9-7+. The first kappa shape index (κ1) is 7.89. The average Bonchev–Trinajstić information content (AvgIpc) is 1.89. The van der Waals surface area contributed by atoms with Crippen molar-refractivity contribution in [1.29, 1.82) is 0 Å². The lowest BCUT2D eigenvalue weighted by Crippen LogP contribution is -1.67. The molecule has 0 heterocycles. The Labute approximate surface area is 56.1 Å². The first-order valence-electron chi connectivity index (χ1n) is 2.74. The van der Waals surface area contributed by atoms with Crippen molar-refractivity contribution in [3.05, 3.63) is 37.1 Å². The Morgan fingerprint density at radius 2 is 2.11 bits per heavy atom. The van der Waals surface area contributed by atoms with Gasteiger partial charge in [-0.25, -0.2) is 0 Å². The molecule has 0 radical (unpaired) electrons. The topological polar surface area (TPSA) is 12.4 Å². The van der Waals surface area contributed by atoms with E-state index in [9.17, 15) is 0 Å². The second-order valence-corrected chi connectivity index (χ2v) is 1.60. The molecule has 0 aliphatic rings. The van der Waals surface area contributed by atoms with E-state index in [0.717, 1.165) is 5.57 Å². The Morgan fingerprint density at radius 1 is 1.44 bits per heavy atom. The lowest BCUT2D eigenvalue weighted by molar-refractivity contribution is 1.54. The van der Waals surface area contributed by atoms with Crippen molar-refractivity contribution in [3.8, 4) is 0 Å². The van der Waals surface area contributed by atoms with E-state index in [-0.39, 0.29) is 0 Å². The molecule has 0 fully saturated rings. The molecule has 0 aromatic carbocycles. The lowest BCUT2D eigenvalue weighted by Gasteiger charge is -1.81. The molecule has 0 unspecified atom stereocenters. The van der Waals surface area contributed by atoms with Gasteiger partial charge in [0.2, 0.25) is 0 Å². The molecule has 0 aromatic heterocycles. The molecular weight excluding hydrogens is 110 g/mol. The van der Waals surface area contributed by atoms with Crippen LogP contribution < -0.4 is 0 Å². The van der Waals surface area contributed by atoms with E-state index >= 15 is 0 Å². The highest BCUT2D eigenvalue weighted by atomic mass is 14.6. The number of allylic oxidation sites excluding steroid dienone is 3. The van der Waals surface area contributed by atoms with Crippen molar-refractivity contribution in [3.63, 3.8) is 0 Å². The normalized spacial score (nSPS) is 11.9. The Balaban J connectivity index is 3.81. The molecule has 0 atom stereocenters. The van der Waals surface area contributed by atoms with Crippen molar-refractivity contribution >= 4 is 6.21 Å². The van der Waals surface area contributed by atoms with Crippen LogP contribution in [0.2, 0.25) is 0 Å².